The van der Waals surface area contributed by atoms with E-state index in [9.17, 15) is 0 Å². The molecule has 0 unspecified atom stereocenters. The molecule has 3 N–H and O–H groups in total. The Balaban J connectivity index is 1.46. The first-order valence-electron chi connectivity index (χ1n) is 12.5. The summed E-state index contributed by atoms with van der Waals surface area (Å²) in [5.74, 6) is 2.36. The molecule has 0 saturated carbocycles. The normalized spacial score (nSPS) is 14.8. The number of ether oxygens (including phenoxy) is 1. The van der Waals surface area contributed by atoms with Gasteiger partial charge in [0.15, 0.2) is 5.82 Å². The molecule has 8 bridgehead atoms. The summed E-state index contributed by atoms with van der Waals surface area (Å²) in [5, 5.41) is 6.91. The van der Waals surface area contributed by atoms with Crippen LogP contribution in [-0.4, -0.2) is 51.9 Å². The number of hydrogen-bond acceptors (Lipinski definition) is 7. The van der Waals surface area contributed by atoms with Crippen LogP contribution in [0.5, 0.6) is 5.75 Å². The average molecular weight is 488 g/mol. The van der Waals surface area contributed by atoms with Gasteiger partial charge in [-0.2, -0.15) is 0 Å². The highest BCUT2D eigenvalue weighted by Crippen LogP contribution is 2.32. The summed E-state index contributed by atoms with van der Waals surface area (Å²) in [5.41, 5.74) is 8.56. The molecule has 0 spiro atoms. The summed E-state index contributed by atoms with van der Waals surface area (Å²) in [6, 6.07) is 18.6. The highest BCUT2D eigenvalue weighted by molar-refractivity contribution is 6.15. The maximum absolute atomic E-state index is 6.07. The van der Waals surface area contributed by atoms with E-state index in [-0.39, 0.29) is 0 Å². The molecule has 7 rings (SSSR count). The number of rotatable bonds is 0. The first-order chi connectivity index (χ1) is 18.3. The second-order valence-corrected chi connectivity index (χ2v) is 9.18. The molecule has 2 aliphatic rings. The number of para-hydroxylation sites is 1. The molecule has 37 heavy (non-hydrogen) atoms. The molecular formula is C29H25N7O. The molecule has 2 aromatic carbocycles. The Morgan fingerprint density at radius 1 is 0.811 bits per heavy atom. The quantitative estimate of drug-likeness (QED) is 0.280. The number of imidazole rings is 1. The molecule has 182 valence electrons. The van der Waals surface area contributed by atoms with E-state index < -0.39 is 0 Å². The summed E-state index contributed by atoms with van der Waals surface area (Å²) in [4.78, 5) is 22.9. The fourth-order valence-corrected chi connectivity index (χ4v) is 4.90. The summed E-state index contributed by atoms with van der Waals surface area (Å²) in [6.07, 6.45) is 6.48. The van der Waals surface area contributed by atoms with Crippen molar-refractivity contribution in [1.82, 2.24) is 19.9 Å². The molecule has 8 nitrogen and oxygen atoms in total. The molecule has 0 aliphatic carbocycles. The summed E-state index contributed by atoms with van der Waals surface area (Å²) in [6.45, 7) is 2.70. The largest absolute Gasteiger partial charge is 0.492 e. The number of hydrogen-bond donors (Lipinski definition) is 3. The molecule has 0 amide bonds. The van der Waals surface area contributed by atoms with Gasteiger partial charge in [-0.3, -0.25) is 9.98 Å². The van der Waals surface area contributed by atoms with Gasteiger partial charge in [0.05, 0.1) is 16.7 Å². The van der Waals surface area contributed by atoms with E-state index in [1.165, 1.54) is 0 Å². The molecule has 8 heteroatoms. The van der Waals surface area contributed by atoms with Crippen LogP contribution >= 0.6 is 0 Å². The van der Waals surface area contributed by atoms with Gasteiger partial charge in [-0.05, 0) is 42.3 Å². The van der Waals surface area contributed by atoms with Gasteiger partial charge in [-0.1, -0.05) is 24.3 Å². The van der Waals surface area contributed by atoms with Crippen molar-refractivity contribution in [2.45, 2.75) is 6.42 Å². The standard InChI is InChI=1S/C29H25N7O/c1-4-18-13-22(5-1)37-11-10-31-21-12-19(15-30-17-21)20-14-24-27(32-8-3-9-33-28(24)34-16-20)29-35-25-7-2-6-23(18)26(25)36-29/h1-2,4-7,12-17,31H,3,8-11H2,(H,33,34)(H,35,36). The summed E-state index contributed by atoms with van der Waals surface area (Å²) < 4.78 is 6.07. The van der Waals surface area contributed by atoms with E-state index in [0.717, 1.165) is 80.6 Å². The first-order valence-corrected chi connectivity index (χ1v) is 12.5. The number of H-pyrrole nitrogens is 1. The molecule has 2 aliphatic heterocycles. The highest BCUT2D eigenvalue weighted by atomic mass is 16.5. The van der Waals surface area contributed by atoms with Crippen LogP contribution < -0.4 is 15.4 Å². The fraction of sp³-hybridized carbons (Fsp3) is 0.172. The van der Waals surface area contributed by atoms with Crippen molar-refractivity contribution in [3.63, 3.8) is 0 Å². The molecule has 0 atom stereocenters. The summed E-state index contributed by atoms with van der Waals surface area (Å²) in [7, 11) is 0. The molecule has 0 saturated heterocycles. The number of nitrogens with one attached hydrogen (secondary N) is 3. The predicted molar refractivity (Wildman–Crippen MR) is 147 cm³/mol. The van der Waals surface area contributed by atoms with Crippen LogP contribution in [0.25, 0.3) is 33.3 Å². The smallest absolute Gasteiger partial charge is 0.157 e. The first kappa shape index (κ1) is 21.6. The molecule has 0 fully saturated rings. The van der Waals surface area contributed by atoms with Gasteiger partial charge >= 0.3 is 0 Å². The van der Waals surface area contributed by atoms with Gasteiger partial charge in [0, 0.05) is 60.5 Å². The number of fused-ring (bicyclic) bond motifs is 9. The molecular weight excluding hydrogens is 462 g/mol. The second kappa shape index (κ2) is 9.05. The molecule has 3 aromatic heterocycles. The Morgan fingerprint density at radius 3 is 2.76 bits per heavy atom. The van der Waals surface area contributed by atoms with Crippen LogP contribution in [0, 0.1) is 0 Å². The minimum absolute atomic E-state index is 0.524. The van der Waals surface area contributed by atoms with Crippen LogP contribution in [0.3, 0.4) is 0 Å². The lowest BCUT2D eigenvalue weighted by Gasteiger charge is -2.16. The van der Waals surface area contributed by atoms with Gasteiger partial charge in [0.1, 0.15) is 23.9 Å². The number of aliphatic imine (C=N–C) groups is 1. The van der Waals surface area contributed by atoms with Gasteiger partial charge in [0.25, 0.3) is 0 Å². The molecule has 5 aromatic rings. The molecule has 0 radical (unpaired) electrons. The third-order valence-electron chi connectivity index (χ3n) is 6.69. The third kappa shape index (κ3) is 4.06. The van der Waals surface area contributed by atoms with Gasteiger partial charge < -0.3 is 20.4 Å². The minimum Gasteiger partial charge on any atom is -0.492 e. The van der Waals surface area contributed by atoms with Crippen molar-refractivity contribution >= 4 is 28.3 Å². The van der Waals surface area contributed by atoms with Crippen LogP contribution in [0.4, 0.5) is 11.5 Å². The number of pyridine rings is 2. The third-order valence-corrected chi connectivity index (χ3v) is 6.69. The van der Waals surface area contributed by atoms with E-state index in [1.807, 2.05) is 30.7 Å². The van der Waals surface area contributed by atoms with Crippen molar-refractivity contribution in [2.24, 2.45) is 4.99 Å². The number of anilines is 2. The number of benzene rings is 2. The van der Waals surface area contributed by atoms with E-state index in [1.54, 1.807) is 0 Å². The molecule has 5 heterocycles. The Labute approximate surface area is 213 Å². The fourth-order valence-electron chi connectivity index (χ4n) is 4.90. The van der Waals surface area contributed by atoms with E-state index in [4.69, 9.17) is 19.7 Å². The minimum atomic E-state index is 0.524. The zero-order valence-electron chi connectivity index (χ0n) is 20.2. The highest BCUT2D eigenvalue weighted by Gasteiger charge is 2.21. The van der Waals surface area contributed by atoms with Crippen molar-refractivity contribution in [3.05, 3.63) is 84.6 Å². The van der Waals surface area contributed by atoms with Gasteiger partial charge in [-0.25, -0.2) is 9.97 Å². The Hall–Kier alpha value is -4.72. The maximum atomic E-state index is 6.07. The predicted octanol–water partition coefficient (Wildman–Crippen LogP) is 5.14. The average Bonchev–Trinajstić information content (AvgIpc) is 3.35. The number of aromatic amines is 1. The maximum Gasteiger partial charge on any atom is 0.157 e. The Kier molecular flexibility index (Phi) is 5.27. The van der Waals surface area contributed by atoms with Crippen molar-refractivity contribution in [1.29, 1.82) is 0 Å². The van der Waals surface area contributed by atoms with Crippen molar-refractivity contribution in [2.75, 3.05) is 36.9 Å². The zero-order valence-corrected chi connectivity index (χ0v) is 20.2. The van der Waals surface area contributed by atoms with E-state index >= 15 is 0 Å². The Morgan fingerprint density at radius 2 is 1.76 bits per heavy atom. The SMILES string of the molecule is c1cc2cc(c1)-c1cccc3[nH]c(nc13)C1=NCCCNc3ncc(cc31)-c1cncc(c1)NCCO2. The van der Waals surface area contributed by atoms with Crippen LogP contribution in [0.2, 0.25) is 0 Å². The lowest BCUT2D eigenvalue weighted by molar-refractivity contribution is 0.333. The van der Waals surface area contributed by atoms with Gasteiger partial charge in [0.2, 0.25) is 0 Å². The van der Waals surface area contributed by atoms with Crippen LogP contribution in [-0.2, 0) is 0 Å². The monoisotopic (exact) mass is 487 g/mol. The summed E-state index contributed by atoms with van der Waals surface area (Å²) >= 11 is 0. The number of aromatic nitrogens is 4. The zero-order chi connectivity index (χ0) is 24.6. The van der Waals surface area contributed by atoms with Crippen LogP contribution in [0.15, 0.2) is 78.2 Å². The van der Waals surface area contributed by atoms with E-state index in [0.29, 0.717) is 19.7 Å². The van der Waals surface area contributed by atoms with Gasteiger partial charge in [-0.15, -0.1) is 0 Å². The second-order valence-electron chi connectivity index (χ2n) is 9.18. The van der Waals surface area contributed by atoms with Crippen LogP contribution in [0.1, 0.15) is 17.8 Å². The topological polar surface area (TPSA) is 100 Å². The van der Waals surface area contributed by atoms with Crippen molar-refractivity contribution in [3.8, 4) is 28.0 Å². The van der Waals surface area contributed by atoms with Crippen molar-refractivity contribution < 1.29 is 4.74 Å². The Bertz CT molecular complexity index is 1660. The number of nitrogens with zero attached hydrogens (tertiary/aromatic N) is 4. The lowest BCUT2D eigenvalue weighted by Crippen LogP contribution is -2.17. The lowest BCUT2D eigenvalue weighted by atomic mass is 10.0. The van der Waals surface area contributed by atoms with E-state index in [2.05, 4.69) is 63.1 Å².